The van der Waals surface area contributed by atoms with E-state index in [1.54, 1.807) is 18.2 Å². The van der Waals surface area contributed by atoms with Crippen molar-refractivity contribution in [3.8, 4) is 0 Å². The quantitative estimate of drug-likeness (QED) is 0.882. The van der Waals surface area contributed by atoms with Crippen LogP contribution in [0.3, 0.4) is 0 Å². The Morgan fingerprint density at radius 2 is 1.94 bits per heavy atom. The van der Waals surface area contributed by atoms with E-state index in [9.17, 15) is 16.8 Å². The van der Waals surface area contributed by atoms with Gasteiger partial charge in [-0.05, 0) is 28.1 Å². The minimum atomic E-state index is -3.74. The lowest BCUT2D eigenvalue weighted by atomic mass is 10.4. The lowest BCUT2D eigenvalue weighted by Gasteiger charge is -2.11. The zero-order valence-corrected chi connectivity index (χ0v) is 12.3. The first kappa shape index (κ1) is 13.7. The first-order valence-electron chi connectivity index (χ1n) is 4.98. The molecule has 0 saturated carbocycles. The van der Waals surface area contributed by atoms with Crippen LogP contribution in [0.1, 0.15) is 0 Å². The van der Waals surface area contributed by atoms with Crippen LogP contribution in [0.2, 0.25) is 0 Å². The van der Waals surface area contributed by atoms with E-state index in [0.717, 1.165) is 5.41 Å². The number of hydrogen-bond acceptors (Lipinski definition) is 4. The molecule has 1 unspecified atom stereocenters. The Labute approximate surface area is 114 Å². The zero-order valence-electron chi connectivity index (χ0n) is 9.08. The molecule has 1 aromatic rings. The van der Waals surface area contributed by atoms with Gasteiger partial charge in [0.15, 0.2) is 9.84 Å². The van der Waals surface area contributed by atoms with Crippen molar-refractivity contribution in [1.29, 1.82) is 0 Å². The van der Waals surface area contributed by atoms with Gasteiger partial charge < -0.3 is 0 Å². The highest BCUT2D eigenvalue weighted by molar-refractivity contribution is 9.10. The Bertz CT molecular complexity index is 694. The van der Waals surface area contributed by atoms with E-state index < -0.39 is 25.9 Å². The Morgan fingerprint density at radius 1 is 1.28 bits per heavy atom. The van der Waals surface area contributed by atoms with Gasteiger partial charge in [-0.1, -0.05) is 18.2 Å². The molecule has 18 heavy (non-hydrogen) atoms. The summed E-state index contributed by atoms with van der Waals surface area (Å²) in [6.07, 6.45) is 1.34. The van der Waals surface area contributed by atoms with Gasteiger partial charge in [-0.3, -0.25) is 0 Å². The van der Waals surface area contributed by atoms with Crippen LogP contribution in [0, 0.1) is 0 Å². The van der Waals surface area contributed by atoms with Crippen LogP contribution >= 0.6 is 15.9 Å². The number of halogens is 1. The van der Waals surface area contributed by atoms with Gasteiger partial charge in [0.25, 0.3) is 0 Å². The molecule has 5 nitrogen and oxygen atoms in total. The lowest BCUT2D eigenvalue weighted by molar-refractivity contribution is 0.574. The molecule has 1 aliphatic heterocycles. The molecule has 0 aromatic heterocycles. The Kier molecular flexibility index (Phi) is 3.63. The fraction of sp³-hybridized carbons (Fsp3) is 0.200. The molecule has 2 rings (SSSR count). The molecular weight excluding hydrogens is 342 g/mol. The molecule has 0 bridgehead atoms. The van der Waals surface area contributed by atoms with Crippen LogP contribution in [-0.2, 0) is 19.9 Å². The van der Waals surface area contributed by atoms with Gasteiger partial charge in [0.05, 0.1) is 16.7 Å². The number of sulfone groups is 1. The Balaban J connectivity index is 2.25. The van der Waals surface area contributed by atoms with Gasteiger partial charge in [0.1, 0.15) is 0 Å². The fourth-order valence-corrected chi connectivity index (χ4v) is 5.11. The highest BCUT2D eigenvalue weighted by Gasteiger charge is 2.27. The van der Waals surface area contributed by atoms with Crippen molar-refractivity contribution in [2.75, 3.05) is 5.75 Å². The molecule has 0 amide bonds. The van der Waals surface area contributed by atoms with Crippen molar-refractivity contribution in [2.45, 2.75) is 10.9 Å². The second-order valence-electron chi connectivity index (χ2n) is 3.82. The minimum absolute atomic E-state index is 0.0858. The van der Waals surface area contributed by atoms with Gasteiger partial charge in [-0.25, -0.2) is 21.6 Å². The number of sulfonamides is 1. The topological polar surface area (TPSA) is 80.3 Å². The molecule has 0 saturated heterocycles. The number of benzene rings is 1. The third-order valence-corrected chi connectivity index (χ3v) is 6.26. The van der Waals surface area contributed by atoms with Crippen LogP contribution in [0.25, 0.3) is 0 Å². The summed E-state index contributed by atoms with van der Waals surface area (Å²) in [6.45, 7) is 0. The second-order valence-corrected chi connectivity index (χ2v) is 8.28. The van der Waals surface area contributed by atoms with E-state index in [1.165, 1.54) is 12.1 Å². The zero-order chi connectivity index (χ0) is 13.4. The summed E-state index contributed by atoms with van der Waals surface area (Å²) in [4.78, 5) is 0.0858. The molecule has 1 N–H and O–H groups in total. The molecule has 1 aliphatic rings. The summed E-state index contributed by atoms with van der Waals surface area (Å²) < 4.78 is 49.3. The third kappa shape index (κ3) is 3.00. The van der Waals surface area contributed by atoms with E-state index in [1.807, 2.05) is 0 Å². The van der Waals surface area contributed by atoms with E-state index in [4.69, 9.17) is 0 Å². The van der Waals surface area contributed by atoms with Gasteiger partial charge in [0.2, 0.25) is 10.0 Å². The predicted octanol–water partition coefficient (Wildman–Crippen LogP) is 1.04. The van der Waals surface area contributed by atoms with Crippen molar-refractivity contribution in [1.82, 2.24) is 4.72 Å². The lowest BCUT2D eigenvalue weighted by Crippen LogP contribution is -2.35. The van der Waals surface area contributed by atoms with Crippen LogP contribution in [0.15, 0.2) is 45.1 Å². The predicted molar refractivity (Wildman–Crippen MR) is 71.2 cm³/mol. The van der Waals surface area contributed by atoms with Crippen LogP contribution in [0.5, 0.6) is 0 Å². The van der Waals surface area contributed by atoms with Crippen LogP contribution in [-0.4, -0.2) is 28.6 Å². The fourth-order valence-electron chi connectivity index (χ4n) is 1.57. The maximum absolute atomic E-state index is 12.1. The standard InChI is InChI=1S/C10H10BrNO4S2/c11-9-3-1-2-4-10(9)18(15,16)12-8-5-6-17(13,14)7-8/h1-6,8,12H,7H2. The van der Waals surface area contributed by atoms with Crippen molar-refractivity contribution in [3.05, 3.63) is 40.2 Å². The first-order valence-corrected chi connectivity index (χ1v) is 8.97. The molecule has 1 heterocycles. The summed E-state index contributed by atoms with van der Waals surface area (Å²) in [6, 6.07) is 5.63. The Hall–Kier alpha value is -0.700. The highest BCUT2D eigenvalue weighted by atomic mass is 79.9. The third-order valence-electron chi connectivity index (χ3n) is 2.36. The van der Waals surface area contributed by atoms with Crippen molar-refractivity contribution < 1.29 is 16.8 Å². The smallest absolute Gasteiger partial charge is 0.224 e. The average Bonchev–Trinajstić information content (AvgIpc) is 2.57. The maximum Gasteiger partial charge on any atom is 0.242 e. The molecular formula is C10H10BrNO4S2. The number of rotatable bonds is 3. The van der Waals surface area contributed by atoms with E-state index >= 15 is 0 Å². The second kappa shape index (κ2) is 4.76. The summed E-state index contributed by atoms with van der Waals surface area (Å²) >= 11 is 3.15. The summed E-state index contributed by atoms with van der Waals surface area (Å²) in [5, 5.41) is 1.03. The van der Waals surface area contributed by atoms with Crippen molar-refractivity contribution >= 4 is 35.8 Å². The van der Waals surface area contributed by atoms with Crippen molar-refractivity contribution in [3.63, 3.8) is 0 Å². The van der Waals surface area contributed by atoms with E-state index in [-0.39, 0.29) is 10.6 Å². The maximum atomic E-state index is 12.1. The Morgan fingerprint density at radius 3 is 2.50 bits per heavy atom. The molecule has 98 valence electrons. The van der Waals surface area contributed by atoms with Crippen LogP contribution < -0.4 is 4.72 Å². The molecule has 0 spiro atoms. The van der Waals surface area contributed by atoms with E-state index in [2.05, 4.69) is 20.7 Å². The van der Waals surface area contributed by atoms with Crippen LogP contribution in [0.4, 0.5) is 0 Å². The molecule has 0 fully saturated rings. The van der Waals surface area contributed by atoms with Crippen molar-refractivity contribution in [2.24, 2.45) is 0 Å². The number of nitrogens with one attached hydrogen (secondary N) is 1. The van der Waals surface area contributed by atoms with Gasteiger partial charge in [-0.2, -0.15) is 0 Å². The monoisotopic (exact) mass is 351 g/mol. The van der Waals surface area contributed by atoms with Gasteiger partial charge in [0, 0.05) is 9.88 Å². The number of hydrogen-bond donors (Lipinski definition) is 1. The normalized spacial score (nSPS) is 22.2. The molecule has 0 aliphatic carbocycles. The SMILES string of the molecule is O=S1(=O)C=CC(NS(=O)(=O)c2ccccc2Br)C1. The largest absolute Gasteiger partial charge is 0.242 e. The average molecular weight is 352 g/mol. The molecule has 0 radical (unpaired) electrons. The molecule has 1 atom stereocenters. The molecule has 1 aromatic carbocycles. The first-order chi connectivity index (χ1) is 8.30. The van der Waals surface area contributed by atoms with Gasteiger partial charge in [-0.15, -0.1) is 0 Å². The molecule has 8 heteroatoms. The summed E-state index contributed by atoms with van der Waals surface area (Å²) in [5.74, 6) is -0.239. The highest BCUT2D eigenvalue weighted by Crippen LogP contribution is 2.22. The van der Waals surface area contributed by atoms with E-state index in [0.29, 0.717) is 4.47 Å². The summed E-state index contributed by atoms with van der Waals surface area (Å²) in [7, 11) is -7.02. The minimum Gasteiger partial charge on any atom is -0.224 e. The summed E-state index contributed by atoms with van der Waals surface area (Å²) in [5.41, 5.74) is 0. The van der Waals surface area contributed by atoms with Gasteiger partial charge >= 0.3 is 0 Å².